The first-order chi connectivity index (χ1) is 16.6. The van der Waals surface area contributed by atoms with Gasteiger partial charge < -0.3 is 4.74 Å². The van der Waals surface area contributed by atoms with Crippen molar-refractivity contribution in [3.8, 4) is 0 Å². The Balaban J connectivity index is 1.74. The molecule has 178 valence electrons. The summed E-state index contributed by atoms with van der Waals surface area (Å²) >= 11 is 1.67. The van der Waals surface area contributed by atoms with E-state index in [0.717, 1.165) is 41.9 Å². The second-order valence-corrected chi connectivity index (χ2v) is 9.62. The standard InChI is InChI=1S/C30H34O3S/c1-3-5-6-13-18-27(28(4-2)33-30(32)24-14-9-7-10-15-24)29(31)23-19-21-26(22-20-23)34-25-16-11-8-12-17-25/h7-12,14-17,19-22,27-28H,3-6,13,18H2,1-2H3. The highest BCUT2D eigenvalue weighted by molar-refractivity contribution is 7.99. The molecule has 0 radical (unpaired) electrons. The molecule has 0 heterocycles. The number of ether oxygens (including phenoxy) is 1. The van der Waals surface area contributed by atoms with Gasteiger partial charge in [-0.1, -0.05) is 99.8 Å². The molecule has 2 atom stereocenters. The molecule has 4 heteroatoms. The first kappa shape index (κ1) is 25.8. The lowest BCUT2D eigenvalue weighted by Crippen LogP contribution is -2.32. The summed E-state index contributed by atoms with van der Waals surface area (Å²) in [5.41, 5.74) is 1.19. The number of hydrogen-bond donors (Lipinski definition) is 0. The molecule has 3 aromatic carbocycles. The summed E-state index contributed by atoms with van der Waals surface area (Å²) in [7, 11) is 0. The molecule has 3 rings (SSSR count). The van der Waals surface area contributed by atoms with Crippen LogP contribution in [-0.2, 0) is 4.74 Å². The highest BCUT2D eigenvalue weighted by Crippen LogP contribution is 2.29. The van der Waals surface area contributed by atoms with Crippen LogP contribution in [0.4, 0.5) is 0 Å². The van der Waals surface area contributed by atoms with Crippen LogP contribution in [0.25, 0.3) is 0 Å². The first-order valence-corrected chi connectivity index (χ1v) is 13.1. The van der Waals surface area contributed by atoms with Crippen molar-refractivity contribution in [1.29, 1.82) is 0 Å². The molecule has 3 aromatic rings. The maximum atomic E-state index is 13.6. The monoisotopic (exact) mass is 474 g/mol. The molecule has 0 aliphatic carbocycles. The van der Waals surface area contributed by atoms with Crippen LogP contribution >= 0.6 is 11.8 Å². The summed E-state index contributed by atoms with van der Waals surface area (Å²) in [6.45, 7) is 4.16. The molecule has 0 bridgehead atoms. The summed E-state index contributed by atoms with van der Waals surface area (Å²) in [5, 5.41) is 0. The van der Waals surface area contributed by atoms with E-state index in [9.17, 15) is 9.59 Å². The number of ketones is 1. The SMILES string of the molecule is CCCCCCC(C(=O)c1ccc(Sc2ccccc2)cc1)C(CC)OC(=O)c1ccccc1. The summed E-state index contributed by atoms with van der Waals surface area (Å²) in [6, 6.07) is 27.0. The lowest BCUT2D eigenvalue weighted by atomic mass is 9.86. The van der Waals surface area contributed by atoms with Gasteiger partial charge in [0.05, 0.1) is 11.5 Å². The molecule has 0 spiro atoms. The fraction of sp³-hybridized carbons (Fsp3) is 0.333. The normalized spacial score (nSPS) is 12.6. The number of rotatable bonds is 13. The largest absolute Gasteiger partial charge is 0.458 e. The number of benzene rings is 3. The molecular formula is C30H34O3S. The van der Waals surface area contributed by atoms with Crippen molar-refractivity contribution >= 4 is 23.5 Å². The number of carbonyl (C=O) groups is 2. The Kier molecular flexibility index (Phi) is 10.4. The van der Waals surface area contributed by atoms with Crippen molar-refractivity contribution in [1.82, 2.24) is 0 Å². The van der Waals surface area contributed by atoms with Crippen LogP contribution in [0, 0.1) is 5.92 Å². The van der Waals surface area contributed by atoms with Gasteiger partial charge in [-0.25, -0.2) is 4.79 Å². The quantitative estimate of drug-likeness (QED) is 0.142. The molecule has 0 saturated carbocycles. The van der Waals surface area contributed by atoms with E-state index in [1.807, 2.05) is 67.6 Å². The van der Waals surface area contributed by atoms with Crippen LogP contribution in [0.5, 0.6) is 0 Å². The van der Waals surface area contributed by atoms with Crippen LogP contribution < -0.4 is 0 Å². The second kappa shape index (κ2) is 13.8. The maximum absolute atomic E-state index is 13.6. The molecule has 0 aromatic heterocycles. The molecule has 2 unspecified atom stereocenters. The number of hydrogen-bond acceptors (Lipinski definition) is 4. The second-order valence-electron chi connectivity index (χ2n) is 8.48. The van der Waals surface area contributed by atoms with Crippen molar-refractivity contribution in [2.24, 2.45) is 5.92 Å². The smallest absolute Gasteiger partial charge is 0.338 e. The van der Waals surface area contributed by atoms with Gasteiger partial charge in [-0.3, -0.25) is 4.79 Å². The van der Waals surface area contributed by atoms with E-state index in [1.54, 1.807) is 23.9 Å². The van der Waals surface area contributed by atoms with Gasteiger partial charge in [0.15, 0.2) is 5.78 Å². The van der Waals surface area contributed by atoms with Gasteiger partial charge in [0.2, 0.25) is 0 Å². The third kappa shape index (κ3) is 7.59. The van der Waals surface area contributed by atoms with Crippen molar-refractivity contribution in [2.75, 3.05) is 0 Å². The zero-order valence-electron chi connectivity index (χ0n) is 20.1. The zero-order chi connectivity index (χ0) is 24.2. The lowest BCUT2D eigenvalue weighted by molar-refractivity contribution is 0.0125. The van der Waals surface area contributed by atoms with Crippen molar-refractivity contribution in [2.45, 2.75) is 68.3 Å². The summed E-state index contributed by atoms with van der Waals surface area (Å²) in [6.07, 6.45) is 5.19. The number of esters is 1. The summed E-state index contributed by atoms with van der Waals surface area (Å²) in [4.78, 5) is 28.6. The highest BCUT2D eigenvalue weighted by Gasteiger charge is 2.31. The zero-order valence-corrected chi connectivity index (χ0v) is 20.9. The summed E-state index contributed by atoms with van der Waals surface area (Å²) < 4.78 is 5.89. The molecule has 0 N–H and O–H groups in total. The molecule has 0 fully saturated rings. The van der Waals surface area contributed by atoms with Crippen molar-refractivity contribution in [3.63, 3.8) is 0 Å². The van der Waals surface area contributed by atoms with Gasteiger partial charge in [-0.05, 0) is 49.2 Å². The van der Waals surface area contributed by atoms with Crippen molar-refractivity contribution in [3.05, 3.63) is 96.1 Å². The van der Waals surface area contributed by atoms with Crippen LogP contribution in [0.3, 0.4) is 0 Å². The van der Waals surface area contributed by atoms with Gasteiger partial charge >= 0.3 is 5.97 Å². The molecule has 0 saturated heterocycles. The number of carbonyl (C=O) groups excluding carboxylic acids is 2. The maximum Gasteiger partial charge on any atom is 0.338 e. The number of unbranched alkanes of at least 4 members (excludes halogenated alkanes) is 3. The first-order valence-electron chi connectivity index (χ1n) is 12.3. The van der Waals surface area contributed by atoms with Crippen LogP contribution in [-0.4, -0.2) is 17.9 Å². The van der Waals surface area contributed by atoms with Gasteiger partial charge in [-0.15, -0.1) is 0 Å². The Morgan fingerprint density at radius 3 is 1.97 bits per heavy atom. The van der Waals surface area contributed by atoms with E-state index in [4.69, 9.17) is 4.74 Å². The van der Waals surface area contributed by atoms with Gasteiger partial charge in [-0.2, -0.15) is 0 Å². The molecular weight excluding hydrogens is 440 g/mol. The molecule has 3 nitrogen and oxygen atoms in total. The predicted octanol–water partition coefficient (Wildman–Crippen LogP) is 8.24. The fourth-order valence-electron chi connectivity index (χ4n) is 4.03. The lowest BCUT2D eigenvalue weighted by Gasteiger charge is -2.25. The van der Waals surface area contributed by atoms with Gasteiger partial charge in [0, 0.05) is 15.4 Å². The van der Waals surface area contributed by atoms with E-state index in [2.05, 4.69) is 19.1 Å². The third-order valence-corrected chi connectivity index (χ3v) is 6.96. The van der Waals surface area contributed by atoms with Crippen LogP contribution in [0.2, 0.25) is 0 Å². The Hall–Kier alpha value is -2.85. The summed E-state index contributed by atoms with van der Waals surface area (Å²) in [5.74, 6) is -0.656. The van der Waals surface area contributed by atoms with E-state index in [-0.39, 0.29) is 17.7 Å². The van der Waals surface area contributed by atoms with Crippen molar-refractivity contribution < 1.29 is 14.3 Å². The van der Waals surface area contributed by atoms with Gasteiger partial charge in [0.25, 0.3) is 0 Å². The van der Waals surface area contributed by atoms with E-state index >= 15 is 0 Å². The Morgan fingerprint density at radius 2 is 1.35 bits per heavy atom. The van der Waals surface area contributed by atoms with E-state index < -0.39 is 6.10 Å². The van der Waals surface area contributed by atoms with E-state index in [0.29, 0.717) is 17.5 Å². The molecule has 34 heavy (non-hydrogen) atoms. The highest BCUT2D eigenvalue weighted by atomic mass is 32.2. The minimum absolute atomic E-state index is 0.0560. The Labute approximate surface area is 207 Å². The third-order valence-electron chi connectivity index (χ3n) is 5.94. The topological polar surface area (TPSA) is 43.4 Å². The van der Waals surface area contributed by atoms with Gasteiger partial charge in [0.1, 0.15) is 6.10 Å². The van der Waals surface area contributed by atoms with E-state index in [1.165, 1.54) is 0 Å². The van der Waals surface area contributed by atoms with Crippen LogP contribution in [0.15, 0.2) is 94.7 Å². The molecule has 0 aliphatic rings. The van der Waals surface area contributed by atoms with Crippen LogP contribution in [0.1, 0.15) is 73.1 Å². The average molecular weight is 475 g/mol. The minimum Gasteiger partial charge on any atom is -0.458 e. The average Bonchev–Trinajstić information content (AvgIpc) is 2.89. The Morgan fingerprint density at radius 1 is 0.735 bits per heavy atom. The fourth-order valence-corrected chi connectivity index (χ4v) is 4.87. The molecule has 0 amide bonds. The minimum atomic E-state index is -0.444. The predicted molar refractivity (Wildman–Crippen MR) is 140 cm³/mol. The Bertz CT molecular complexity index is 1020. The molecule has 0 aliphatic heterocycles. The number of Topliss-reactive ketones (excluding diaryl/α,β-unsaturated/α-hetero) is 1.